The Bertz CT molecular complexity index is 1020. The van der Waals surface area contributed by atoms with Gasteiger partial charge >= 0.3 is 0 Å². The van der Waals surface area contributed by atoms with Gasteiger partial charge in [-0.15, -0.1) is 0 Å². The van der Waals surface area contributed by atoms with Crippen LogP contribution in [-0.4, -0.2) is 33.3 Å². The summed E-state index contributed by atoms with van der Waals surface area (Å²) in [5.41, 5.74) is 2.14. The maximum atomic E-state index is 10.9. The highest BCUT2D eigenvalue weighted by atomic mass is 32.1. The van der Waals surface area contributed by atoms with Crippen molar-refractivity contribution in [2.45, 2.75) is 52.6 Å². The van der Waals surface area contributed by atoms with Gasteiger partial charge in [-0.05, 0) is 61.5 Å². The molecule has 2 aromatic carbocycles. The minimum absolute atomic E-state index is 0.0210. The zero-order valence-electron chi connectivity index (χ0n) is 20.5. The van der Waals surface area contributed by atoms with E-state index in [0.717, 1.165) is 38.8 Å². The van der Waals surface area contributed by atoms with Gasteiger partial charge in [0.15, 0.2) is 10.2 Å². The van der Waals surface area contributed by atoms with Gasteiger partial charge in [0.25, 0.3) is 5.69 Å². The first-order valence-electron chi connectivity index (χ1n) is 11.9. The number of hydrogen-bond donors (Lipinski definition) is 5. The summed E-state index contributed by atoms with van der Waals surface area (Å²) in [6.45, 7) is 6.33. The van der Waals surface area contributed by atoms with Crippen molar-refractivity contribution >= 4 is 51.7 Å². The van der Waals surface area contributed by atoms with E-state index in [2.05, 4.69) is 45.3 Å². The van der Waals surface area contributed by atoms with E-state index in [1.165, 1.54) is 24.3 Å². The summed E-state index contributed by atoms with van der Waals surface area (Å²) in [6, 6.07) is 9.21. The average molecular weight is 532 g/mol. The first-order valence-corrected chi connectivity index (χ1v) is 12.7. The molecule has 0 heterocycles. The molecule has 0 atom stereocenters. The van der Waals surface area contributed by atoms with Crippen LogP contribution in [0.3, 0.4) is 0 Å². The van der Waals surface area contributed by atoms with Crippen LogP contribution in [-0.2, 0) is 13.1 Å². The Balaban J connectivity index is 2.19. The van der Waals surface area contributed by atoms with Gasteiger partial charge in [-0.25, -0.2) is 0 Å². The van der Waals surface area contributed by atoms with Crippen LogP contribution in [0.4, 0.5) is 17.1 Å². The van der Waals surface area contributed by atoms with E-state index < -0.39 is 4.92 Å². The molecule has 12 heteroatoms. The van der Waals surface area contributed by atoms with Crippen LogP contribution in [0.25, 0.3) is 0 Å². The predicted molar refractivity (Wildman–Crippen MR) is 150 cm³/mol. The molecule has 0 fully saturated rings. The highest BCUT2D eigenvalue weighted by molar-refractivity contribution is 7.80. The minimum atomic E-state index is -0.470. The molecule has 0 spiro atoms. The van der Waals surface area contributed by atoms with Gasteiger partial charge in [0, 0.05) is 49.4 Å². The van der Waals surface area contributed by atoms with E-state index in [-0.39, 0.29) is 24.5 Å². The molecule has 194 valence electrons. The number of nitrogens with one attached hydrogen (secondary N) is 4. The monoisotopic (exact) mass is 531 g/mol. The molecule has 36 heavy (non-hydrogen) atoms. The van der Waals surface area contributed by atoms with Crippen LogP contribution in [0.1, 0.15) is 50.7 Å². The lowest BCUT2D eigenvalue weighted by Gasteiger charge is -2.15. The second-order valence-electron chi connectivity index (χ2n) is 8.01. The number of nitro benzene ring substituents is 1. The summed E-state index contributed by atoms with van der Waals surface area (Å²) in [5, 5.41) is 43.7. The lowest BCUT2D eigenvalue weighted by atomic mass is 10.1. The normalized spacial score (nSPS) is 10.7. The molecule has 0 aliphatic heterocycles. The molecule has 0 aliphatic rings. The van der Waals surface area contributed by atoms with Gasteiger partial charge in [0.2, 0.25) is 0 Å². The first-order chi connectivity index (χ1) is 17.3. The molecule has 0 radical (unpaired) electrons. The van der Waals surface area contributed by atoms with E-state index in [1.807, 2.05) is 0 Å². The second kappa shape index (κ2) is 15.6. The summed E-state index contributed by atoms with van der Waals surface area (Å²) in [5.74, 6) is 0.108. The summed E-state index contributed by atoms with van der Waals surface area (Å²) >= 11 is 10.6. The zero-order valence-corrected chi connectivity index (χ0v) is 22.2. The Labute approximate surface area is 222 Å². The van der Waals surface area contributed by atoms with Gasteiger partial charge in [-0.2, -0.15) is 10.2 Å². The third-order valence-corrected chi connectivity index (χ3v) is 5.68. The van der Waals surface area contributed by atoms with Gasteiger partial charge in [0.1, 0.15) is 5.75 Å². The number of azo groups is 1. The molecule has 2 rings (SSSR count). The van der Waals surface area contributed by atoms with Gasteiger partial charge in [-0.1, -0.05) is 26.7 Å². The highest BCUT2D eigenvalue weighted by Crippen LogP contribution is 2.30. The van der Waals surface area contributed by atoms with E-state index >= 15 is 0 Å². The van der Waals surface area contributed by atoms with Crippen LogP contribution < -0.4 is 21.3 Å². The molecule has 0 amide bonds. The van der Waals surface area contributed by atoms with Crippen LogP contribution in [0.2, 0.25) is 0 Å². The number of phenolic OH excluding ortho intramolecular Hbond substituents is 1. The number of aromatic hydroxyl groups is 1. The Morgan fingerprint density at radius 3 is 1.78 bits per heavy atom. The number of non-ortho nitro benzene ring substituents is 1. The van der Waals surface area contributed by atoms with Crippen molar-refractivity contribution in [2.24, 2.45) is 10.2 Å². The smallest absolute Gasteiger partial charge is 0.269 e. The Hall–Kier alpha value is -3.38. The number of nitro groups is 1. The van der Waals surface area contributed by atoms with Gasteiger partial charge < -0.3 is 26.4 Å². The zero-order chi connectivity index (χ0) is 26.3. The van der Waals surface area contributed by atoms with Crippen LogP contribution in [0.15, 0.2) is 46.6 Å². The molecule has 0 aromatic heterocycles. The summed E-state index contributed by atoms with van der Waals surface area (Å²) in [4.78, 5) is 10.4. The Morgan fingerprint density at radius 2 is 1.33 bits per heavy atom. The highest BCUT2D eigenvalue weighted by Gasteiger charge is 2.12. The minimum Gasteiger partial charge on any atom is -0.507 e. The number of unbranched alkanes of at least 4 members (excludes halogenated alkanes) is 2. The van der Waals surface area contributed by atoms with Gasteiger partial charge in [-0.3, -0.25) is 10.1 Å². The molecule has 5 N–H and O–H groups in total. The molecule has 2 aromatic rings. The van der Waals surface area contributed by atoms with Crippen molar-refractivity contribution in [1.82, 2.24) is 21.3 Å². The number of rotatable bonds is 13. The van der Waals surface area contributed by atoms with Crippen LogP contribution in [0.5, 0.6) is 5.75 Å². The number of benzene rings is 2. The predicted octanol–water partition coefficient (Wildman–Crippen LogP) is 5.24. The molecular formula is C24H33N7O3S2. The fourth-order valence-corrected chi connectivity index (χ4v) is 3.41. The summed E-state index contributed by atoms with van der Waals surface area (Å²) in [7, 11) is 0. The topological polar surface area (TPSA) is 136 Å². The lowest BCUT2D eigenvalue weighted by molar-refractivity contribution is -0.384. The number of nitrogens with zero attached hydrogens (tertiary/aromatic N) is 3. The second-order valence-corrected chi connectivity index (χ2v) is 8.83. The van der Waals surface area contributed by atoms with Crippen molar-refractivity contribution in [3.8, 4) is 5.75 Å². The third kappa shape index (κ3) is 10.1. The lowest BCUT2D eigenvalue weighted by Crippen LogP contribution is -2.35. The molecule has 0 bridgehead atoms. The van der Waals surface area contributed by atoms with Crippen molar-refractivity contribution < 1.29 is 10.0 Å². The van der Waals surface area contributed by atoms with Crippen LogP contribution in [0, 0.1) is 10.1 Å². The van der Waals surface area contributed by atoms with Crippen molar-refractivity contribution in [2.75, 3.05) is 13.1 Å². The quantitative estimate of drug-likeness (QED) is 0.0772. The molecule has 0 unspecified atom stereocenters. The van der Waals surface area contributed by atoms with Crippen molar-refractivity contribution in [3.63, 3.8) is 0 Å². The van der Waals surface area contributed by atoms with Crippen molar-refractivity contribution in [3.05, 3.63) is 57.6 Å². The molecule has 0 aliphatic carbocycles. The largest absolute Gasteiger partial charge is 0.507 e. The molecule has 10 nitrogen and oxygen atoms in total. The fraction of sp³-hybridized carbons (Fsp3) is 0.417. The first kappa shape index (κ1) is 28.9. The maximum Gasteiger partial charge on any atom is 0.269 e. The van der Waals surface area contributed by atoms with Crippen molar-refractivity contribution in [1.29, 1.82) is 0 Å². The standard InChI is InChI=1S/C24H33N7O3S2/c1-3-5-11-25-23(35)27-15-17-13-20(30-29-19-7-9-21(10-8-19)31(33)34)14-18(22(17)32)16-28-24(36)26-12-6-4-2/h7-10,13-14,32H,3-6,11-12,15-16H2,1-2H3,(H2,25,27,35)(H2,26,28,36). The summed E-state index contributed by atoms with van der Waals surface area (Å²) < 4.78 is 0. The number of hydrogen-bond acceptors (Lipinski definition) is 7. The van der Waals surface area contributed by atoms with E-state index in [1.54, 1.807) is 12.1 Å². The van der Waals surface area contributed by atoms with Gasteiger partial charge in [0.05, 0.1) is 16.3 Å². The number of phenols is 1. The summed E-state index contributed by atoms with van der Waals surface area (Å²) in [6.07, 6.45) is 4.13. The number of thiocarbonyl (C=S) groups is 2. The molecular weight excluding hydrogens is 498 g/mol. The van der Waals surface area contributed by atoms with E-state index in [9.17, 15) is 15.2 Å². The Morgan fingerprint density at radius 1 is 0.861 bits per heavy atom. The molecule has 0 saturated heterocycles. The van der Waals surface area contributed by atoms with E-state index in [0.29, 0.717) is 32.7 Å². The fourth-order valence-electron chi connectivity index (χ4n) is 3.06. The average Bonchev–Trinajstić information content (AvgIpc) is 2.87. The SMILES string of the molecule is CCCCNC(=S)NCc1cc(N=Nc2ccc([N+](=O)[O-])cc2)cc(CNC(=S)NCCCC)c1O. The van der Waals surface area contributed by atoms with Crippen LogP contribution >= 0.6 is 24.4 Å². The third-order valence-electron chi connectivity index (χ3n) is 5.10. The Kier molecular flexibility index (Phi) is 12.5. The van der Waals surface area contributed by atoms with E-state index in [4.69, 9.17) is 24.4 Å². The maximum absolute atomic E-state index is 10.9. The molecule has 0 saturated carbocycles.